The van der Waals surface area contributed by atoms with E-state index in [9.17, 15) is 0 Å². The second kappa shape index (κ2) is 5.12. The molecule has 2 nitrogen and oxygen atoms in total. The summed E-state index contributed by atoms with van der Waals surface area (Å²) in [5.74, 6) is 0. The molecule has 1 unspecified atom stereocenters. The number of rotatable bonds is 6. The van der Waals surface area contributed by atoms with E-state index in [-0.39, 0.29) is 0 Å². The first-order valence-electron chi connectivity index (χ1n) is 6.73. The van der Waals surface area contributed by atoms with E-state index >= 15 is 0 Å². The lowest BCUT2D eigenvalue weighted by Gasteiger charge is -2.19. The number of hydrogen-bond donors (Lipinski definition) is 1. The summed E-state index contributed by atoms with van der Waals surface area (Å²) in [6.07, 6.45) is 6.33. The van der Waals surface area contributed by atoms with E-state index in [1.807, 2.05) is 0 Å². The Hall–Kier alpha value is -0.0900. The van der Waals surface area contributed by atoms with Gasteiger partial charge in [-0.15, -0.1) is 11.3 Å². The first-order chi connectivity index (χ1) is 8.72. The van der Waals surface area contributed by atoms with Crippen molar-refractivity contribution in [1.29, 1.82) is 0 Å². The highest BCUT2D eigenvalue weighted by molar-refractivity contribution is 7.16. The Morgan fingerprint density at radius 3 is 3.11 bits per heavy atom. The maximum absolute atomic E-state index is 6.09. The van der Waals surface area contributed by atoms with E-state index in [4.69, 9.17) is 16.3 Å². The lowest BCUT2D eigenvalue weighted by molar-refractivity contribution is 0.170. The largest absolute Gasteiger partial charge is 0.385 e. The third-order valence-corrected chi connectivity index (χ3v) is 5.70. The zero-order valence-corrected chi connectivity index (χ0v) is 12.4. The van der Waals surface area contributed by atoms with Crippen molar-refractivity contribution in [2.24, 2.45) is 5.41 Å². The Balaban J connectivity index is 1.55. The number of aryl methyl sites for hydroxylation is 1. The molecule has 0 spiro atoms. The summed E-state index contributed by atoms with van der Waals surface area (Å²) in [4.78, 5) is 1.49. The minimum atomic E-state index is 0.526. The molecule has 0 aromatic carbocycles. The highest BCUT2D eigenvalue weighted by Crippen LogP contribution is 2.49. The number of thiophene rings is 1. The number of fused-ring (bicyclic) bond motifs is 1. The number of ether oxygens (including phenoxy) is 1. The Morgan fingerprint density at radius 2 is 2.39 bits per heavy atom. The maximum atomic E-state index is 6.09. The molecule has 4 heteroatoms. The Morgan fingerprint density at radius 1 is 1.56 bits per heavy atom. The lowest BCUT2D eigenvalue weighted by atomic mass is 10.0. The SMILES string of the molecule is COCCC1(CNC2CCc3sc(Cl)cc32)CC1. The van der Waals surface area contributed by atoms with Gasteiger partial charge in [-0.05, 0) is 49.1 Å². The van der Waals surface area contributed by atoms with Crippen molar-refractivity contribution in [1.82, 2.24) is 5.32 Å². The molecule has 0 radical (unpaired) electrons. The average Bonchev–Trinajstić information content (AvgIpc) is 2.89. The van der Waals surface area contributed by atoms with Crippen LogP contribution >= 0.6 is 22.9 Å². The van der Waals surface area contributed by atoms with E-state index in [2.05, 4.69) is 11.4 Å². The van der Waals surface area contributed by atoms with Gasteiger partial charge in [-0.1, -0.05) is 11.6 Å². The van der Waals surface area contributed by atoms with Crippen LogP contribution < -0.4 is 5.32 Å². The van der Waals surface area contributed by atoms with Crippen LogP contribution in [-0.2, 0) is 11.2 Å². The molecule has 1 saturated carbocycles. The molecule has 1 aromatic heterocycles. The Bertz CT molecular complexity index is 427. The van der Waals surface area contributed by atoms with Crippen LogP contribution in [0.2, 0.25) is 4.34 Å². The summed E-state index contributed by atoms with van der Waals surface area (Å²) in [5, 5.41) is 3.76. The van der Waals surface area contributed by atoms with Crippen LogP contribution in [0.5, 0.6) is 0 Å². The first-order valence-corrected chi connectivity index (χ1v) is 7.92. The molecule has 18 heavy (non-hydrogen) atoms. The van der Waals surface area contributed by atoms with Gasteiger partial charge in [-0.25, -0.2) is 0 Å². The molecular formula is C14H20ClNOS. The van der Waals surface area contributed by atoms with Crippen LogP contribution in [0.4, 0.5) is 0 Å². The molecule has 0 aliphatic heterocycles. The fraction of sp³-hybridized carbons (Fsp3) is 0.714. The molecule has 2 aliphatic carbocycles. The summed E-state index contributed by atoms with van der Waals surface area (Å²) < 4.78 is 6.14. The van der Waals surface area contributed by atoms with Gasteiger partial charge in [-0.3, -0.25) is 0 Å². The second-order valence-corrected chi connectivity index (χ2v) is 7.41. The molecule has 0 bridgehead atoms. The predicted octanol–water partition coefficient (Wildman–Crippen LogP) is 3.80. The van der Waals surface area contributed by atoms with Crippen molar-refractivity contribution in [2.75, 3.05) is 20.3 Å². The van der Waals surface area contributed by atoms with Gasteiger partial charge >= 0.3 is 0 Å². The van der Waals surface area contributed by atoms with E-state index in [0.717, 1.165) is 17.5 Å². The topological polar surface area (TPSA) is 21.3 Å². The summed E-state index contributed by atoms with van der Waals surface area (Å²) in [6.45, 7) is 2.02. The molecule has 2 aliphatic rings. The molecule has 1 aromatic rings. The van der Waals surface area contributed by atoms with Crippen LogP contribution in [0.25, 0.3) is 0 Å². The van der Waals surface area contributed by atoms with Gasteiger partial charge in [0.05, 0.1) is 4.34 Å². The van der Waals surface area contributed by atoms with Gasteiger partial charge in [0.2, 0.25) is 0 Å². The van der Waals surface area contributed by atoms with Gasteiger partial charge in [0.1, 0.15) is 0 Å². The molecular weight excluding hydrogens is 266 g/mol. The molecule has 1 atom stereocenters. The maximum Gasteiger partial charge on any atom is 0.0934 e. The highest BCUT2D eigenvalue weighted by Gasteiger charge is 2.42. The highest BCUT2D eigenvalue weighted by atomic mass is 35.5. The van der Waals surface area contributed by atoms with E-state index < -0.39 is 0 Å². The number of methoxy groups -OCH3 is 1. The van der Waals surface area contributed by atoms with E-state index in [1.165, 1.54) is 42.5 Å². The number of hydrogen-bond acceptors (Lipinski definition) is 3. The van der Waals surface area contributed by atoms with Crippen LogP contribution in [0.3, 0.4) is 0 Å². The van der Waals surface area contributed by atoms with Gasteiger partial charge in [-0.2, -0.15) is 0 Å². The molecule has 3 rings (SSSR count). The molecule has 1 N–H and O–H groups in total. The van der Waals surface area contributed by atoms with Gasteiger partial charge in [0, 0.05) is 31.2 Å². The molecule has 1 heterocycles. The van der Waals surface area contributed by atoms with E-state index in [1.54, 1.807) is 18.4 Å². The third kappa shape index (κ3) is 2.60. The van der Waals surface area contributed by atoms with Crippen LogP contribution in [0, 0.1) is 5.41 Å². The minimum absolute atomic E-state index is 0.526. The van der Waals surface area contributed by atoms with E-state index in [0.29, 0.717) is 11.5 Å². The second-order valence-electron chi connectivity index (χ2n) is 5.64. The van der Waals surface area contributed by atoms with Crippen molar-refractivity contribution in [3.8, 4) is 0 Å². The standard InChI is InChI=1S/C14H20ClNOS/c1-17-7-6-14(4-5-14)9-16-11-2-3-12-10(11)8-13(15)18-12/h8,11,16H,2-7,9H2,1H3. The monoisotopic (exact) mass is 285 g/mol. The van der Waals surface area contributed by atoms with Gasteiger partial charge in [0.15, 0.2) is 0 Å². The Kier molecular flexibility index (Phi) is 3.68. The molecule has 0 saturated heterocycles. The first kappa shape index (κ1) is 12.9. The van der Waals surface area contributed by atoms with Gasteiger partial charge in [0.25, 0.3) is 0 Å². The number of halogens is 1. The smallest absolute Gasteiger partial charge is 0.0934 e. The third-order valence-electron chi connectivity index (χ3n) is 4.36. The quantitative estimate of drug-likeness (QED) is 0.858. The fourth-order valence-electron chi connectivity index (χ4n) is 2.89. The average molecular weight is 286 g/mol. The molecule has 100 valence electrons. The van der Waals surface area contributed by atoms with Crippen molar-refractivity contribution in [3.63, 3.8) is 0 Å². The molecule has 0 amide bonds. The summed E-state index contributed by atoms with van der Waals surface area (Å²) in [6, 6.07) is 2.68. The van der Waals surface area contributed by atoms with Crippen LogP contribution in [0.1, 0.15) is 42.2 Å². The van der Waals surface area contributed by atoms with Gasteiger partial charge < -0.3 is 10.1 Å². The summed E-state index contributed by atoms with van der Waals surface area (Å²) in [7, 11) is 1.79. The molecule has 1 fully saturated rings. The lowest BCUT2D eigenvalue weighted by Crippen LogP contribution is -2.27. The number of nitrogens with one attached hydrogen (secondary N) is 1. The normalized spacial score (nSPS) is 24.2. The summed E-state index contributed by atoms with van der Waals surface area (Å²) >= 11 is 7.84. The van der Waals surface area contributed by atoms with Crippen LogP contribution in [-0.4, -0.2) is 20.3 Å². The van der Waals surface area contributed by atoms with Crippen LogP contribution in [0.15, 0.2) is 6.07 Å². The van der Waals surface area contributed by atoms with Crippen molar-refractivity contribution < 1.29 is 4.74 Å². The summed E-state index contributed by atoms with van der Waals surface area (Å²) in [5.41, 5.74) is 1.98. The predicted molar refractivity (Wildman–Crippen MR) is 76.6 cm³/mol. The Labute approximate surface area is 118 Å². The van der Waals surface area contributed by atoms with Crippen molar-refractivity contribution in [3.05, 3.63) is 20.8 Å². The van der Waals surface area contributed by atoms with Crippen molar-refractivity contribution in [2.45, 2.75) is 38.1 Å². The van der Waals surface area contributed by atoms with Crippen molar-refractivity contribution >= 4 is 22.9 Å². The minimum Gasteiger partial charge on any atom is -0.385 e. The zero-order valence-electron chi connectivity index (χ0n) is 10.8. The fourth-order valence-corrected chi connectivity index (χ4v) is 4.25. The zero-order chi connectivity index (χ0) is 12.6.